The lowest BCUT2D eigenvalue weighted by Gasteiger charge is -2.20. The van der Waals surface area contributed by atoms with Gasteiger partial charge in [0.1, 0.15) is 0 Å². The molecule has 0 unspecified atom stereocenters. The molecule has 1 N–H and O–H groups in total. The molecular formula is C15H21NO2. The SMILES string of the molecule is C/C=C/[C@H](CC(=O)OC)N[C@H](C)c1ccccc1. The third-order valence-corrected chi connectivity index (χ3v) is 2.80. The van der Waals surface area contributed by atoms with E-state index in [1.807, 2.05) is 37.3 Å². The summed E-state index contributed by atoms with van der Waals surface area (Å²) in [7, 11) is 1.41. The van der Waals surface area contributed by atoms with Gasteiger partial charge in [0, 0.05) is 12.1 Å². The molecule has 1 aromatic rings. The number of allylic oxidation sites excluding steroid dienone is 1. The number of esters is 1. The Morgan fingerprint density at radius 2 is 2.06 bits per heavy atom. The summed E-state index contributed by atoms with van der Waals surface area (Å²) in [5, 5.41) is 3.41. The highest BCUT2D eigenvalue weighted by Gasteiger charge is 2.14. The molecule has 1 aromatic carbocycles. The van der Waals surface area contributed by atoms with E-state index in [1.165, 1.54) is 12.7 Å². The molecule has 3 heteroatoms. The number of hydrogen-bond donors (Lipinski definition) is 1. The molecule has 0 amide bonds. The predicted octanol–water partition coefficient (Wildman–Crippen LogP) is 2.85. The predicted molar refractivity (Wildman–Crippen MR) is 73.2 cm³/mol. The van der Waals surface area contributed by atoms with E-state index in [-0.39, 0.29) is 18.1 Å². The van der Waals surface area contributed by atoms with Gasteiger partial charge in [-0.3, -0.25) is 4.79 Å². The van der Waals surface area contributed by atoms with Crippen LogP contribution in [-0.4, -0.2) is 19.1 Å². The number of methoxy groups -OCH3 is 1. The van der Waals surface area contributed by atoms with Crippen molar-refractivity contribution in [3.05, 3.63) is 48.0 Å². The van der Waals surface area contributed by atoms with Gasteiger partial charge < -0.3 is 10.1 Å². The molecule has 0 fully saturated rings. The average molecular weight is 247 g/mol. The van der Waals surface area contributed by atoms with Crippen molar-refractivity contribution in [1.29, 1.82) is 0 Å². The summed E-state index contributed by atoms with van der Waals surface area (Å²) in [6.45, 7) is 4.03. The molecule has 0 spiro atoms. The normalized spacial score (nSPS) is 14.4. The van der Waals surface area contributed by atoms with Gasteiger partial charge in [-0.1, -0.05) is 42.5 Å². The lowest BCUT2D eigenvalue weighted by atomic mass is 10.1. The number of hydrogen-bond acceptors (Lipinski definition) is 3. The first-order chi connectivity index (χ1) is 8.67. The number of carbonyl (C=O) groups excluding carboxylic acids is 1. The van der Waals surface area contributed by atoms with Crippen LogP contribution in [0.2, 0.25) is 0 Å². The van der Waals surface area contributed by atoms with E-state index in [0.717, 1.165) is 0 Å². The maximum absolute atomic E-state index is 11.3. The Morgan fingerprint density at radius 3 is 2.61 bits per heavy atom. The lowest BCUT2D eigenvalue weighted by molar-refractivity contribution is -0.140. The van der Waals surface area contributed by atoms with Gasteiger partial charge >= 0.3 is 5.97 Å². The maximum atomic E-state index is 11.3. The van der Waals surface area contributed by atoms with Crippen molar-refractivity contribution in [2.75, 3.05) is 7.11 Å². The molecule has 0 aromatic heterocycles. The molecule has 3 nitrogen and oxygen atoms in total. The van der Waals surface area contributed by atoms with Crippen LogP contribution in [0.5, 0.6) is 0 Å². The van der Waals surface area contributed by atoms with Crippen molar-refractivity contribution in [1.82, 2.24) is 5.32 Å². The zero-order valence-corrected chi connectivity index (χ0v) is 11.2. The first-order valence-corrected chi connectivity index (χ1v) is 6.18. The molecule has 0 radical (unpaired) electrons. The Morgan fingerprint density at radius 1 is 1.39 bits per heavy atom. The van der Waals surface area contributed by atoms with Gasteiger partial charge in [0.15, 0.2) is 0 Å². The van der Waals surface area contributed by atoms with E-state index >= 15 is 0 Å². The lowest BCUT2D eigenvalue weighted by Crippen LogP contribution is -2.32. The van der Waals surface area contributed by atoms with Crippen LogP contribution < -0.4 is 5.32 Å². The highest BCUT2D eigenvalue weighted by molar-refractivity contribution is 5.70. The van der Waals surface area contributed by atoms with E-state index < -0.39 is 0 Å². The van der Waals surface area contributed by atoms with Gasteiger partial charge in [-0.15, -0.1) is 0 Å². The molecule has 0 heterocycles. The van der Waals surface area contributed by atoms with Gasteiger partial charge in [0.25, 0.3) is 0 Å². The number of benzene rings is 1. The number of carbonyl (C=O) groups is 1. The van der Waals surface area contributed by atoms with E-state index in [4.69, 9.17) is 4.74 Å². The van der Waals surface area contributed by atoms with Crippen LogP contribution in [0, 0.1) is 0 Å². The fraction of sp³-hybridized carbons (Fsp3) is 0.400. The Balaban J connectivity index is 2.63. The first-order valence-electron chi connectivity index (χ1n) is 6.18. The number of nitrogens with one attached hydrogen (secondary N) is 1. The quantitative estimate of drug-likeness (QED) is 0.620. The summed E-state index contributed by atoms with van der Waals surface area (Å²) in [5.41, 5.74) is 1.21. The summed E-state index contributed by atoms with van der Waals surface area (Å²) in [6.07, 6.45) is 4.27. The summed E-state index contributed by atoms with van der Waals surface area (Å²) in [5.74, 6) is -0.203. The second-order valence-corrected chi connectivity index (χ2v) is 4.21. The van der Waals surface area contributed by atoms with Gasteiger partial charge in [0.05, 0.1) is 13.5 Å². The van der Waals surface area contributed by atoms with E-state index in [1.54, 1.807) is 0 Å². The summed E-state index contributed by atoms with van der Waals surface area (Å²) in [4.78, 5) is 11.3. The largest absolute Gasteiger partial charge is 0.469 e. The van der Waals surface area contributed by atoms with Crippen molar-refractivity contribution in [2.45, 2.75) is 32.4 Å². The number of rotatable bonds is 6. The highest BCUT2D eigenvalue weighted by Crippen LogP contribution is 2.13. The fourth-order valence-corrected chi connectivity index (χ4v) is 1.84. The molecule has 98 valence electrons. The second kappa shape index (κ2) is 7.67. The van der Waals surface area contributed by atoms with E-state index in [0.29, 0.717) is 6.42 Å². The van der Waals surface area contributed by atoms with Crippen LogP contribution in [0.4, 0.5) is 0 Å². The second-order valence-electron chi connectivity index (χ2n) is 4.21. The van der Waals surface area contributed by atoms with Crippen molar-refractivity contribution in [3.63, 3.8) is 0 Å². The zero-order chi connectivity index (χ0) is 13.4. The highest BCUT2D eigenvalue weighted by atomic mass is 16.5. The van der Waals surface area contributed by atoms with Crippen LogP contribution in [0.3, 0.4) is 0 Å². The molecule has 1 rings (SSSR count). The minimum Gasteiger partial charge on any atom is -0.469 e. The molecule has 2 atom stereocenters. The van der Waals surface area contributed by atoms with Crippen molar-refractivity contribution in [3.8, 4) is 0 Å². The Kier molecular flexibility index (Phi) is 6.15. The Hall–Kier alpha value is -1.61. The van der Waals surface area contributed by atoms with Crippen LogP contribution in [0.1, 0.15) is 31.9 Å². The average Bonchev–Trinajstić information content (AvgIpc) is 2.39. The number of ether oxygens (including phenoxy) is 1. The third-order valence-electron chi connectivity index (χ3n) is 2.80. The van der Waals surface area contributed by atoms with E-state index in [9.17, 15) is 4.79 Å². The summed E-state index contributed by atoms with van der Waals surface area (Å²) in [6, 6.07) is 10.4. The Bertz CT molecular complexity index is 387. The summed E-state index contributed by atoms with van der Waals surface area (Å²) < 4.78 is 4.70. The van der Waals surface area contributed by atoms with Crippen molar-refractivity contribution < 1.29 is 9.53 Å². The first kappa shape index (κ1) is 14.5. The molecule has 0 bridgehead atoms. The van der Waals surface area contributed by atoms with Gasteiger partial charge in [-0.2, -0.15) is 0 Å². The molecule has 18 heavy (non-hydrogen) atoms. The minimum atomic E-state index is -0.203. The maximum Gasteiger partial charge on any atom is 0.307 e. The molecule has 0 aliphatic heterocycles. The Labute approximate surface area is 109 Å². The van der Waals surface area contributed by atoms with Gasteiger partial charge in [-0.05, 0) is 19.4 Å². The molecule has 0 aliphatic rings. The summed E-state index contributed by atoms with van der Waals surface area (Å²) >= 11 is 0. The molecular weight excluding hydrogens is 226 g/mol. The monoisotopic (exact) mass is 247 g/mol. The van der Waals surface area contributed by atoms with Crippen LogP contribution in [0.25, 0.3) is 0 Å². The van der Waals surface area contributed by atoms with E-state index in [2.05, 4.69) is 24.4 Å². The molecule has 0 saturated carbocycles. The smallest absolute Gasteiger partial charge is 0.307 e. The standard InChI is InChI=1S/C15H21NO2/c1-4-8-14(11-15(17)18-3)16-12(2)13-9-6-5-7-10-13/h4-10,12,14,16H,11H2,1-3H3/b8-4+/t12-,14-/m1/s1. The van der Waals surface area contributed by atoms with Gasteiger partial charge in [0.2, 0.25) is 0 Å². The molecule has 0 saturated heterocycles. The third kappa shape index (κ3) is 4.72. The fourth-order valence-electron chi connectivity index (χ4n) is 1.84. The molecule has 0 aliphatic carbocycles. The van der Waals surface area contributed by atoms with Crippen LogP contribution in [0.15, 0.2) is 42.5 Å². The topological polar surface area (TPSA) is 38.3 Å². The van der Waals surface area contributed by atoms with Crippen molar-refractivity contribution in [2.24, 2.45) is 0 Å². The minimum absolute atomic E-state index is 0.00217. The van der Waals surface area contributed by atoms with Crippen LogP contribution >= 0.6 is 0 Å². The zero-order valence-electron chi connectivity index (χ0n) is 11.2. The van der Waals surface area contributed by atoms with Crippen LogP contribution in [-0.2, 0) is 9.53 Å². The van der Waals surface area contributed by atoms with Gasteiger partial charge in [-0.25, -0.2) is 0 Å². The van der Waals surface area contributed by atoms with Crippen molar-refractivity contribution >= 4 is 5.97 Å².